The number of hydrogen-bond acceptors (Lipinski definition) is 1. The standard InChI is InChI=1S/C15H20BrNO/c1-3-7-15(8-9-15)10-17-14(18)12-5-4-6-13(16)11(12)2/h4-6H,3,7-10H2,1-2H3,(H,17,18). The molecule has 1 aromatic carbocycles. The SMILES string of the molecule is CCCC1(CNC(=O)c2cccc(Br)c2C)CC1. The smallest absolute Gasteiger partial charge is 0.251 e. The van der Waals surface area contributed by atoms with E-state index in [4.69, 9.17) is 0 Å². The first-order valence-electron chi connectivity index (χ1n) is 6.61. The van der Waals surface area contributed by atoms with E-state index >= 15 is 0 Å². The summed E-state index contributed by atoms with van der Waals surface area (Å²) in [5.74, 6) is 0.0520. The molecule has 1 aromatic rings. The van der Waals surface area contributed by atoms with E-state index < -0.39 is 0 Å². The fraction of sp³-hybridized carbons (Fsp3) is 0.533. The van der Waals surface area contributed by atoms with Gasteiger partial charge in [0.05, 0.1) is 0 Å². The molecular formula is C15H20BrNO. The lowest BCUT2D eigenvalue weighted by atomic mass is 10.0. The molecule has 1 aliphatic rings. The highest BCUT2D eigenvalue weighted by Crippen LogP contribution is 2.48. The number of amides is 1. The van der Waals surface area contributed by atoms with Crippen molar-refractivity contribution in [3.8, 4) is 0 Å². The minimum absolute atomic E-state index is 0.0520. The highest BCUT2D eigenvalue weighted by atomic mass is 79.9. The van der Waals surface area contributed by atoms with E-state index in [1.807, 2.05) is 25.1 Å². The fourth-order valence-electron chi connectivity index (χ4n) is 2.44. The Morgan fingerprint density at radius 1 is 1.44 bits per heavy atom. The second kappa shape index (κ2) is 5.43. The Bertz CT molecular complexity index is 452. The van der Waals surface area contributed by atoms with Crippen molar-refractivity contribution in [1.29, 1.82) is 0 Å². The van der Waals surface area contributed by atoms with Crippen LogP contribution in [0.5, 0.6) is 0 Å². The molecule has 0 aliphatic heterocycles. The van der Waals surface area contributed by atoms with Crippen LogP contribution in [0.1, 0.15) is 48.5 Å². The molecule has 0 spiro atoms. The van der Waals surface area contributed by atoms with Crippen LogP contribution in [-0.2, 0) is 0 Å². The van der Waals surface area contributed by atoms with Gasteiger partial charge in [-0.2, -0.15) is 0 Å². The van der Waals surface area contributed by atoms with Gasteiger partial charge in [0.15, 0.2) is 0 Å². The molecule has 0 unspecified atom stereocenters. The van der Waals surface area contributed by atoms with Gasteiger partial charge in [-0.1, -0.05) is 35.3 Å². The zero-order chi connectivity index (χ0) is 13.2. The van der Waals surface area contributed by atoms with Crippen LogP contribution in [0.15, 0.2) is 22.7 Å². The lowest BCUT2D eigenvalue weighted by Gasteiger charge is -2.15. The Labute approximate surface area is 117 Å². The predicted octanol–water partition coefficient (Wildman–Crippen LogP) is 4.07. The molecule has 1 N–H and O–H groups in total. The van der Waals surface area contributed by atoms with Crippen LogP contribution in [0.4, 0.5) is 0 Å². The first kappa shape index (κ1) is 13.6. The Balaban J connectivity index is 1.98. The van der Waals surface area contributed by atoms with Crippen LogP contribution in [0.2, 0.25) is 0 Å². The molecule has 1 amide bonds. The highest BCUT2D eigenvalue weighted by Gasteiger charge is 2.41. The van der Waals surface area contributed by atoms with E-state index in [1.54, 1.807) is 0 Å². The Morgan fingerprint density at radius 2 is 2.17 bits per heavy atom. The molecule has 3 heteroatoms. The van der Waals surface area contributed by atoms with Crippen LogP contribution in [0.25, 0.3) is 0 Å². The molecule has 0 saturated heterocycles. The molecule has 1 saturated carbocycles. The molecule has 0 heterocycles. The average Bonchev–Trinajstić information content (AvgIpc) is 3.11. The lowest BCUT2D eigenvalue weighted by molar-refractivity contribution is 0.0943. The van der Waals surface area contributed by atoms with E-state index in [0.29, 0.717) is 5.41 Å². The summed E-state index contributed by atoms with van der Waals surface area (Å²) in [6.07, 6.45) is 4.95. The van der Waals surface area contributed by atoms with Crippen molar-refractivity contribution in [3.63, 3.8) is 0 Å². The van der Waals surface area contributed by atoms with Crippen LogP contribution < -0.4 is 5.32 Å². The summed E-state index contributed by atoms with van der Waals surface area (Å²) >= 11 is 3.46. The molecule has 0 radical (unpaired) electrons. The maximum Gasteiger partial charge on any atom is 0.251 e. The maximum absolute atomic E-state index is 12.2. The molecule has 1 fully saturated rings. The molecule has 1 aliphatic carbocycles. The quantitative estimate of drug-likeness (QED) is 0.873. The minimum Gasteiger partial charge on any atom is -0.351 e. The van der Waals surface area contributed by atoms with Crippen molar-refractivity contribution in [2.75, 3.05) is 6.54 Å². The fourth-order valence-corrected chi connectivity index (χ4v) is 2.80. The summed E-state index contributed by atoms with van der Waals surface area (Å²) in [7, 11) is 0. The van der Waals surface area contributed by atoms with Crippen molar-refractivity contribution in [1.82, 2.24) is 5.32 Å². The minimum atomic E-state index is 0.0520. The summed E-state index contributed by atoms with van der Waals surface area (Å²) in [6, 6.07) is 5.76. The predicted molar refractivity (Wildman–Crippen MR) is 77.8 cm³/mol. The molecule has 98 valence electrons. The third-order valence-electron chi connectivity index (χ3n) is 3.87. The summed E-state index contributed by atoms with van der Waals surface area (Å²) < 4.78 is 0.991. The Kier molecular flexibility index (Phi) is 4.10. The lowest BCUT2D eigenvalue weighted by Crippen LogP contribution is -2.30. The number of rotatable bonds is 5. The number of carbonyl (C=O) groups is 1. The largest absolute Gasteiger partial charge is 0.351 e. The average molecular weight is 310 g/mol. The van der Waals surface area contributed by atoms with Crippen LogP contribution in [-0.4, -0.2) is 12.5 Å². The zero-order valence-electron chi connectivity index (χ0n) is 11.1. The van der Waals surface area contributed by atoms with Gasteiger partial charge in [0, 0.05) is 16.6 Å². The second-order valence-electron chi connectivity index (χ2n) is 5.35. The molecular weight excluding hydrogens is 290 g/mol. The summed E-state index contributed by atoms with van der Waals surface area (Å²) in [5, 5.41) is 3.09. The van der Waals surface area contributed by atoms with E-state index in [9.17, 15) is 4.79 Å². The number of halogens is 1. The number of hydrogen-bond donors (Lipinski definition) is 1. The topological polar surface area (TPSA) is 29.1 Å². The number of benzene rings is 1. The molecule has 2 nitrogen and oxygen atoms in total. The highest BCUT2D eigenvalue weighted by molar-refractivity contribution is 9.10. The van der Waals surface area contributed by atoms with Gasteiger partial charge >= 0.3 is 0 Å². The first-order chi connectivity index (χ1) is 8.58. The molecule has 2 rings (SSSR count). The van der Waals surface area contributed by atoms with Crippen molar-refractivity contribution >= 4 is 21.8 Å². The van der Waals surface area contributed by atoms with Gasteiger partial charge in [0.1, 0.15) is 0 Å². The molecule has 18 heavy (non-hydrogen) atoms. The number of nitrogens with one attached hydrogen (secondary N) is 1. The van der Waals surface area contributed by atoms with Gasteiger partial charge in [-0.3, -0.25) is 4.79 Å². The normalized spacial score (nSPS) is 16.4. The van der Waals surface area contributed by atoms with Gasteiger partial charge in [0.2, 0.25) is 0 Å². The molecule has 0 aromatic heterocycles. The third kappa shape index (κ3) is 2.94. The van der Waals surface area contributed by atoms with Crippen LogP contribution in [0, 0.1) is 12.3 Å². The van der Waals surface area contributed by atoms with Crippen molar-refractivity contribution in [2.45, 2.75) is 39.5 Å². The van der Waals surface area contributed by atoms with Gasteiger partial charge in [-0.05, 0) is 49.3 Å². The molecule has 0 bridgehead atoms. The van der Waals surface area contributed by atoms with E-state index in [0.717, 1.165) is 22.1 Å². The summed E-state index contributed by atoms with van der Waals surface area (Å²) in [4.78, 5) is 12.2. The van der Waals surface area contributed by atoms with Crippen LogP contribution >= 0.6 is 15.9 Å². The van der Waals surface area contributed by atoms with Gasteiger partial charge in [0.25, 0.3) is 5.91 Å². The van der Waals surface area contributed by atoms with Gasteiger partial charge < -0.3 is 5.32 Å². The Morgan fingerprint density at radius 3 is 2.78 bits per heavy atom. The zero-order valence-corrected chi connectivity index (χ0v) is 12.6. The van der Waals surface area contributed by atoms with Crippen molar-refractivity contribution in [2.24, 2.45) is 5.41 Å². The van der Waals surface area contributed by atoms with E-state index in [1.165, 1.54) is 25.7 Å². The van der Waals surface area contributed by atoms with Gasteiger partial charge in [-0.15, -0.1) is 0 Å². The molecule has 0 atom stereocenters. The van der Waals surface area contributed by atoms with E-state index in [-0.39, 0.29) is 5.91 Å². The second-order valence-corrected chi connectivity index (χ2v) is 6.20. The summed E-state index contributed by atoms with van der Waals surface area (Å²) in [5.41, 5.74) is 2.19. The van der Waals surface area contributed by atoms with Crippen molar-refractivity contribution in [3.05, 3.63) is 33.8 Å². The monoisotopic (exact) mass is 309 g/mol. The van der Waals surface area contributed by atoms with E-state index in [2.05, 4.69) is 28.2 Å². The van der Waals surface area contributed by atoms with Crippen LogP contribution in [0.3, 0.4) is 0 Å². The maximum atomic E-state index is 12.2. The third-order valence-corrected chi connectivity index (χ3v) is 4.73. The van der Waals surface area contributed by atoms with Crippen molar-refractivity contribution < 1.29 is 4.79 Å². The Hall–Kier alpha value is -0.830. The number of carbonyl (C=O) groups excluding carboxylic acids is 1. The van der Waals surface area contributed by atoms with Gasteiger partial charge in [-0.25, -0.2) is 0 Å². The summed E-state index contributed by atoms with van der Waals surface area (Å²) in [6.45, 7) is 5.00. The first-order valence-corrected chi connectivity index (χ1v) is 7.40.